The zero-order chi connectivity index (χ0) is 37.3. The van der Waals surface area contributed by atoms with Crippen molar-refractivity contribution in [1.29, 1.82) is 0 Å². The molecule has 0 N–H and O–H groups in total. The van der Waals surface area contributed by atoms with Crippen LogP contribution in [0, 0.1) is 75.5 Å². The molecule has 0 spiro atoms. The topological polar surface area (TPSA) is 0 Å². The minimum absolute atomic E-state index is 0. The standard InChI is InChI=1S/2C26H24P.Fe/c2*1-20-12-9-10-17-24(20)21(2)25-18-11-19-26(25)27(22-13-5-3-6-14-22)23-15-7-4-8-16-23;/h2*3-19,21H,1-2H3;/q;;+2/t2*21-;/m11./s1. The fraction of sp³-hybridized carbons (Fsp3) is 0.115. The molecule has 0 saturated heterocycles. The van der Waals surface area contributed by atoms with Gasteiger partial charge in [0.25, 0.3) is 0 Å². The van der Waals surface area contributed by atoms with Crippen LogP contribution in [0.25, 0.3) is 0 Å². The van der Waals surface area contributed by atoms with Gasteiger partial charge in [-0.05, 0) is 135 Å². The van der Waals surface area contributed by atoms with E-state index in [1.165, 1.54) is 66.6 Å². The van der Waals surface area contributed by atoms with Crippen LogP contribution in [0.5, 0.6) is 0 Å². The maximum absolute atomic E-state index is 2.34. The predicted molar refractivity (Wildman–Crippen MR) is 236 cm³/mol. The monoisotopic (exact) mass is 790 g/mol. The van der Waals surface area contributed by atoms with Crippen LogP contribution in [-0.4, -0.2) is 0 Å². The van der Waals surface area contributed by atoms with E-state index in [2.05, 4.69) is 236 Å². The summed E-state index contributed by atoms with van der Waals surface area (Å²) in [5.74, 6) is 3.66. The number of rotatable bonds is 10. The minimum atomic E-state index is -0.562. The van der Waals surface area contributed by atoms with Crippen LogP contribution in [0.1, 0.15) is 47.9 Å². The Hall–Kier alpha value is -3.30. The zero-order valence-corrected chi connectivity index (χ0v) is 34.9. The molecule has 6 aromatic rings. The van der Waals surface area contributed by atoms with Gasteiger partial charge in [-0.2, -0.15) is 0 Å². The molecule has 2 atom stereocenters. The van der Waals surface area contributed by atoms with Crippen LogP contribution >= 0.6 is 15.8 Å². The van der Waals surface area contributed by atoms with Crippen molar-refractivity contribution >= 4 is 37.1 Å². The van der Waals surface area contributed by atoms with Gasteiger partial charge in [-0.1, -0.05) is 184 Å². The molecule has 8 rings (SSSR count). The Bertz CT molecular complexity index is 1790. The first-order valence-corrected chi connectivity index (χ1v) is 21.6. The van der Waals surface area contributed by atoms with Crippen molar-refractivity contribution in [3.05, 3.63) is 254 Å². The quantitative estimate of drug-likeness (QED) is 0.0958. The third kappa shape index (κ3) is 9.81. The van der Waals surface area contributed by atoms with Crippen LogP contribution in [0.3, 0.4) is 0 Å². The summed E-state index contributed by atoms with van der Waals surface area (Å²) in [5.41, 5.74) is 8.50. The summed E-state index contributed by atoms with van der Waals surface area (Å²) in [6, 6.07) is 61.3. The van der Waals surface area contributed by atoms with Gasteiger partial charge in [-0.3, -0.25) is 0 Å². The smallest absolute Gasteiger partial charge is 0.0622 e. The Balaban J connectivity index is 0.000000184. The molecule has 10 radical (unpaired) electrons. The van der Waals surface area contributed by atoms with Crippen molar-refractivity contribution in [2.75, 3.05) is 0 Å². The predicted octanol–water partition coefficient (Wildman–Crippen LogP) is 11.9. The normalized spacial score (nSPS) is 16.4. The second kappa shape index (κ2) is 20.2. The molecule has 0 unspecified atom stereocenters. The minimum Gasteiger partial charge on any atom is -0.0622 e. The van der Waals surface area contributed by atoms with Gasteiger partial charge in [0, 0.05) is 11.3 Å². The average molecular weight is 791 g/mol. The van der Waals surface area contributed by atoms with Crippen LogP contribution in [0.4, 0.5) is 0 Å². The molecule has 0 heterocycles. The fourth-order valence-corrected chi connectivity index (χ4v) is 12.7. The van der Waals surface area contributed by atoms with Crippen LogP contribution < -0.4 is 21.2 Å². The number of aryl methyl sites for hydroxylation is 2. The first kappa shape index (κ1) is 41.3. The summed E-state index contributed by atoms with van der Waals surface area (Å²) in [7, 11) is -1.12. The van der Waals surface area contributed by atoms with E-state index in [0.717, 1.165) is 0 Å². The summed E-state index contributed by atoms with van der Waals surface area (Å²) in [5, 5.41) is 5.62. The van der Waals surface area contributed by atoms with Crippen molar-refractivity contribution in [2.45, 2.75) is 39.5 Å². The second-order valence-corrected chi connectivity index (χ2v) is 18.3. The van der Waals surface area contributed by atoms with Crippen molar-refractivity contribution < 1.29 is 17.1 Å². The first-order valence-electron chi connectivity index (χ1n) is 18.9. The molecule has 2 fully saturated rings. The molecule has 3 heteroatoms. The molecule has 2 aliphatic carbocycles. The van der Waals surface area contributed by atoms with Crippen molar-refractivity contribution in [2.24, 2.45) is 0 Å². The average Bonchev–Trinajstić information content (AvgIpc) is 3.91. The van der Waals surface area contributed by atoms with Gasteiger partial charge in [0.1, 0.15) is 0 Å². The van der Waals surface area contributed by atoms with E-state index >= 15 is 0 Å². The van der Waals surface area contributed by atoms with E-state index in [-0.39, 0.29) is 17.1 Å². The Morgan fingerprint density at radius 3 is 0.909 bits per heavy atom. The van der Waals surface area contributed by atoms with Gasteiger partial charge in [0.15, 0.2) is 0 Å². The van der Waals surface area contributed by atoms with Crippen LogP contribution in [0.2, 0.25) is 0 Å². The maximum atomic E-state index is 2.34. The fourth-order valence-electron chi connectivity index (χ4n) is 7.63. The van der Waals surface area contributed by atoms with Crippen molar-refractivity contribution in [3.8, 4) is 0 Å². The summed E-state index contributed by atoms with van der Waals surface area (Å²) in [6.45, 7) is 9.10. The number of hydrogen-bond acceptors (Lipinski definition) is 0. The summed E-state index contributed by atoms with van der Waals surface area (Å²) < 4.78 is 0. The molecular formula is C52H48FeP2+2. The van der Waals surface area contributed by atoms with Gasteiger partial charge in [0.2, 0.25) is 0 Å². The molecular weight excluding hydrogens is 742 g/mol. The van der Waals surface area contributed by atoms with Gasteiger partial charge in [-0.15, -0.1) is 0 Å². The van der Waals surface area contributed by atoms with E-state index in [4.69, 9.17) is 0 Å². The third-order valence-electron chi connectivity index (χ3n) is 10.4. The number of benzene rings is 6. The van der Waals surface area contributed by atoms with E-state index in [1.54, 1.807) is 0 Å². The number of hydrogen-bond donors (Lipinski definition) is 0. The first-order chi connectivity index (χ1) is 26.5. The molecule has 272 valence electrons. The van der Waals surface area contributed by atoms with Crippen molar-refractivity contribution in [3.63, 3.8) is 0 Å². The molecule has 2 saturated carbocycles. The molecule has 0 aromatic heterocycles. The van der Waals surface area contributed by atoms with E-state index < -0.39 is 15.8 Å². The Labute approximate surface area is 345 Å². The molecule has 55 heavy (non-hydrogen) atoms. The van der Waals surface area contributed by atoms with Crippen LogP contribution in [-0.2, 0) is 17.1 Å². The van der Waals surface area contributed by atoms with Gasteiger partial charge >= 0.3 is 17.1 Å². The largest absolute Gasteiger partial charge is 2.00 e. The molecule has 0 aliphatic heterocycles. The Morgan fingerprint density at radius 1 is 0.345 bits per heavy atom. The van der Waals surface area contributed by atoms with Crippen molar-refractivity contribution in [1.82, 2.24) is 0 Å². The molecule has 6 aromatic carbocycles. The van der Waals surface area contributed by atoms with Gasteiger partial charge < -0.3 is 0 Å². The molecule has 2 aliphatic rings. The zero-order valence-electron chi connectivity index (χ0n) is 32.0. The summed E-state index contributed by atoms with van der Waals surface area (Å²) in [4.78, 5) is 0. The Morgan fingerprint density at radius 2 is 0.618 bits per heavy atom. The van der Waals surface area contributed by atoms with E-state index in [1.807, 2.05) is 0 Å². The Kier molecular flexibility index (Phi) is 15.2. The molecule has 0 nitrogen and oxygen atoms in total. The van der Waals surface area contributed by atoms with Gasteiger partial charge in [0.05, 0.1) is 0 Å². The summed E-state index contributed by atoms with van der Waals surface area (Å²) in [6.07, 6.45) is 13.7. The van der Waals surface area contributed by atoms with Gasteiger partial charge in [-0.25, -0.2) is 0 Å². The SMILES string of the molecule is Cc1ccccc1[C@@H](C)[C]1[CH][CH][CH][C]1P(c1ccccc1)c1ccccc1.Cc1ccccc1[C@@H](C)[C]1[CH][CH][CH][C]1P(c1ccccc1)c1ccccc1.[Fe+2]. The summed E-state index contributed by atoms with van der Waals surface area (Å²) >= 11 is 0. The molecule has 0 amide bonds. The molecule has 0 bridgehead atoms. The van der Waals surface area contributed by atoms with E-state index in [0.29, 0.717) is 11.8 Å². The van der Waals surface area contributed by atoms with Crippen LogP contribution in [0.15, 0.2) is 170 Å². The van der Waals surface area contributed by atoms with E-state index in [9.17, 15) is 0 Å². The third-order valence-corrected chi connectivity index (χ3v) is 15.5. The maximum Gasteiger partial charge on any atom is 2.00 e. The second-order valence-electron chi connectivity index (χ2n) is 13.9.